The lowest BCUT2D eigenvalue weighted by atomic mass is 10.1. The third kappa shape index (κ3) is 3.12. The molecular formula is C21H18N6O4. The lowest BCUT2D eigenvalue weighted by molar-refractivity contribution is -0.123. The van der Waals surface area contributed by atoms with Gasteiger partial charge in [-0.15, -0.1) is 0 Å². The van der Waals surface area contributed by atoms with Crippen molar-refractivity contribution < 1.29 is 18.8 Å². The maximum atomic E-state index is 13.1. The summed E-state index contributed by atoms with van der Waals surface area (Å²) in [5.41, 5.74) is 2.30. The van der Waals surface area contributed by atoms with Gasteiger partial charge in [0.2, 0.25) is 11.7 Å². The van der Waals surface area contributed by atoms with E-state index < -0.39 is 23.9 Å². The molecule has 156 valence electrons. The van der Waals surface area contributed by atoms with Crippen LogP contribution in [0.4, 0.5) is 5.69 Å². The first-order chi connectivity index (χ1) is 15.1. The first kappa shape index (κ1) is 18.9. The summed E-state index contributed by atoms with van der Waals surface area (Å²) in [4.78, 5) is 31.5. The summed E-state index contributed by atoms with van der Waals surface area (Å²) in [5.74, 6) is 0.432. The van der Waals surface area contributed by atoms with E-state index in [0.29, 0.717) is 17.3 Å². The zero-order valence-corrected chi connectivity index (χ0v) is 16.8. The Morgan fingerprint density at radius 3 is 2.74 bits per heavy atom. The highest BCUT2D eigenvalue weighted by Crippen LogP contribution is 2.34. The second-order valence-electron chi connectivity index (χ2n) is 7.23. The van der Waals surface area contributed by atoms with Crippen LogP contribution in [0.5, 0.6) is 5.75 Å². The Hall–Kier alpha value is -4.08. The van der Waals surface area contributed by atoms with Gasteiger partial charge in [-0.3, -0.25) is 14.6 Å². The van der Waals surface area contributed by atoms with Gasteiger partial charge in [-0.2, -0.15) is 10.1 Å². The zero-order chi connectivity index (χ0) is 21.5. The van der Waals surface area contributed by atoms with Gasteiger partial charge in [-0.05, 0) is 24.6 Å². The smallest absolute Gasteiger partial charge is 0.263 e. The molecule has 0 spiro atoms. The molecule has 1 aromatic heterocycles. The van der Waals surface area contributed by atoms with Gasteiger partial charge < -0.3 is 9.26 Å². The Kier molecular flexibility index (Phi) is 4.46. The molecule has 3 heterocycles. The lowest BCUT2D eigenvalue weighted by Gasteiger charge is -2.19. The highest BCUT2D eigenvalue weighted by molar-refractivity contribution is 6.25. The monoisotopic (exact) mass is 418 g/mol. The van der Waals surface area contributed by atoms with Crippen molar-refractivity contribution in [3.63, 3.8) is 0 Å². The number of hydrogen-bond donors (Lipinski definition) is 0. The van der Waals surface area contributed by atoms with Crippen molar-refractivity contribution in [3.8, 4) is 17.1 Å². The van der Waals surface area contributed by atoms with E-state index in [0.717, 1.165) is 16.0 Å². The molecule has 10 nitrogen and oxygen atoms in total. The summed E-state index contributed by atoms with van der Waals surface area (Å²) in [6.45, 7) is 2.02. The van der Waals surface area contributed by atoms with Gasteiger partial charge in [0.05, 0.1) is 12.8 Å². The van der Waals surface area contributed by atoms with Crippen molar-refractivity contribution in [2.75, 3.05) is 12.0 Å². The average Bonchev–Trinajstić information content (AvgIpc) is 3.47. The van der Waals surface area contributed by atoms with Crippen LogP contribution >= 0.6 is 0 Å². The minimum absolute atomic E-state index is 0.0640. The van der Waals surface area contributed by atoms with E-state index in [1.54, 1.807) is 24.3 Å². The molecule has 0 aliphatic carbocycles. The molecule has 2 atom stereocenters. The topological polar surface area (TPSA) is 113 Å². The summed E-state index contributed by atoms with van der Waals surface area (Å²) in [6, 6.07) is 12.7. The number of carbonyl (C=O) groups is 2. The molecule has 2 aromatic carbocycles. The van der Waals surface area contributed by atoms with Crippen LogP contribution in [0.3, 0.4) is 0 Å². The molecule has 2 aliphatic heterocycles. The number of aromatic nitrogens is 2. The number of hydrogen-bond acceptors (Lipinski definition) is 9. The quantitative estimate of drug-likeness (QED) is 0.585. The number of rotatable bonds is 5. The first-order valence-corrected chi connectivity index (χ1v) is 9.64. The van der Waals surface area contributed by atoms with Crippen molar-refractivity contribution in [1.82, 2.24) is 15.1 Å². The fourth-order valence-electron chi connectivity index (χ4n) is 3.75. The predicted octanol–water partition coefficient (Wildman–Crippen LogP) is 2.55. The van der Waals surface area contributed by atoms with Crippen LogP contribution in [0.15, 0.2) is 63.4 Å². The van der Waals surface area contributed by atoms with E-state index in [4.69, 9.17) is 9.26 Å². The van der Waals surface area contributed by atoms with Crippen molar-refractivity contribution in [2.24, 2.45) is 10.3 Å². The maximum absolute atomic E-state index is 13.1. The number of benzene rings is 2. The van der Waals surface area contributed by atoms with E-state index >= 15 is 0 Å². The first-order valence-electron chi connectivity index (χ1n) is 9.64. The van der Waals surface area contributed by atoms with Crippen LogP contribution in [0.25, 0.3) is 11.4 Å². The lowest BCUT2D eigenvalue weighted by Crippen LogP contribution is -2.39. The third-order valence-electron chi connectivity index (χ3n) is 5.32. The van der Waals surface area contributed by atoms with Gasteiger partial charge >= 0.3 is 0 Å². The number of amides is 2. The zero-order valence-electron chi connectivity index (χ0n) is 16.8. The third-order valence-corrected chi connectivity index (χ3v) is 5.32. The standard InChI is InChI=1S/C21H18N6O4/c1-12-6-3-4-9-15(12)19-22-16(31-24-19)11-26-18-17(23-25-26)20(28)27(21(18)29)13-7-5-8-14(10-13)30-2/h3-10,17-18H,11H2,1-2H3. The Morgan fingerprint density at radius 2 is 1.94 bits per heavy atom. The van der Waals surface area contributed by atoms with Crippen molar-refractivity contribution >= 4 is 17.5 Å². The molecule has 1 fully saturated rings. The maximum Gasteiger partial charge on any atom is 0.263 e. The van der Waals surface area contributed by atoms with Gasteiger partial charge in [0.1, 0.15) is 12.3 Å². The van der Waals surface area contributed by atoms with Crippen molar-refractivity contribution in [1.29, 1.82) is 0 Å². The summed E-state index contributed by atoms with van der Waals surface area (Å²) in [7, 11) is 1.52. The number of ether oxygens (including phenoxy) is 1. The molecule has 0 N–H and O–H groups in total. The molecule has 2 amide bonds. The predicted molar refractivity (Wildman–Crippen MR) is 108 cm³/mol. The van der Waals surface area contributed by atoms with Crippen LogP contribution in [0, 0.1) is 6.92 Å². The van der Waals surface area contributed by atoms with E-state index in [1.165, 1.54) is 12.1 Å². The van der Waals surface area contributed by atoms with Gasteiger partial charge in [-0.1, -0.05) is 40.7 Å². The Morgan fingerprint density at radius 1 is 1.10 bits per heavy atom. The Bertz CT molecular complexity index is 1210. The highest BCUT2D eigenvalue weighted by Gasteiger charge is 2.55. The molecule has 2 unspecified atom stereocenters. The summed E-state index contributed by atoms with van der Waals surface area (Å²) >= 11 is 0. The average molecular weight is 418 g/mol. The van der Waals surface area contributed by atoms with Crippen LogP contribution in [-0.4, -0.2) is 46.2 Å². The van der Waals surface area contributed by atoms with Crippen molar-refractivity contribution in [3.05, 3.63) is 60.0 Å². The van der Waals surface area contributed by atoms with E-state index in [9.17, 15) is 9.59 Å². The molecule has 1 saturated heterocycles. The number of fused-ring (bicyclic) bond motifs is 1. The molecule has 10 heteroatoms. The van der Waals surface area contributed by atoms with Gasteiger partial charge in [-0.25, -0.2) is 4.90 Å². The Balaban J connectivity index is 1.37. The fraction of sp³-hybridized carbons (Fsp3) is 0.238. The molecule has 0 saturated carbocycles. The molecule has 0 radical (unpaired) electrons. The number of nitrogens with zero attached hydrogens (tertiary/aromatic N) is 6. The van der Waals surface area contributed by atoms with Crippen LogP contribution in [-0.2, 0) is 16.1 Å². The number of aryl methyl sites for hydroxylation is 1. The number of imide groups is 1. The van der Waals surface area contributed by atoms with Gasteiger partial charge in [0.25, 0.3) is 11.8 Å². The summed E-state index contributed by atoms with van der Waals surface area (Å²) in [5, 5.41) is 13.5. The SMILES string of the molecule is COc1cccc(N2C(=O)C3N=NN(Cc4nc(-c5ccccc5C)no4)C3C2=O)c1. The molecule has 0 bridgehead atoms. The van der Waals surface area contributed by atoms with Crippen LogP contribution < -0.4 is 9.64 Å². The highest BCUT2D eigenvalue weighted by atomic mass is 16.5. The van der Waals surface area contributed by atoms with Gasteiger partial charge in [0.15, 0.2) is 12.1 Å². The normalized spacial score (nSPS) is 19.9. The van der Waals surface area contributed by atoms with Crippen LogP contribution in [0.2, 0.25) is 0 Å². The molecular weight excluding hydrogens is 400 g/mol. The Labute approximate surface area is 177 Å². The van der Waals surface area contributed by atoms with E-state index in [-0.39, 0.29) is 12.4 Å². The van der Waals surface area contributed by atoms with Crippen LogP contribution in [0.1, 0.15) is 11.5 Å². The minimum Gasteiger partial charge on any atom is -0.497 e. The fourth-order valence-corrected chi connectivity index (χ4v) is 3.75. The van der Waals surface area contributed by atoms with Gasteiger partial charge in [0, 0.05) is 11.6 Å². The number of anilines is 1. The number of carbonyl (C=O) groups excluding carboxylic acids is 2. The van der Waals surface area contributed by atoms with E-state index in [1.807, 2.05) is 31.2 Å². The minimum atomic E-state index is -0.905. The second-order valence-corrected chi connectivity index (χ2v) is 7.23. The van der Waals surface area contributed by atoms with E-state index in [2.05, 4.69) is 20.5 Å². The largest absolute Gasteiger partial charge is 0.497 e. The molecule has 5 rings (SSSR count). The molecule has 2 aliphatic rings. The summed E-state index contributed by atoms with van der Waals surface area (Å²) < 4.78 is 10.6. The molecule has 3 aromatic rings. The summed E-state index contributed by atoms with van der Waals surface area (Å²) in [6.07, 6.45) is 0. The van der Waals surface area contributed by atoms with Crippen molar-refractivity contribution in [2.45, 2.75) is 25.6 Å². The number of methoxy groups -OCH3 is 1. The molecule has 31 heavy (non-hydrogen) atoms. The second kappa shape index (κ2) is 7.31.